The van der Waals surface area contributed by atoms with Gasteiger partial charge in [-0.3, -0.25) is 14.4 Å². The summed E-state index contributed by atoms with van der Waals surface area (Å²) < 4.78 is 11.2. The zero-order valence-electron chi connectivity index (χ0n) is 18.8. The molecule has 0 aliphatic carbocycles. The molecule has 9 nitrogen and oxygen atoms in total. The standard InChI is InChI=1S/C23H27BrN4O5/c1-13(2)20(27-22(30)16-7-5-14(3)6-8-16)23(31)28-26-11-15-9-17(24)21(18(10-15)32-4)33-12-19(25)29/h5-11,13,20H,12H2,1-4H3,(H2,25,29)(H,27,30)(H,28,31)/b26-11+. The van der Waals surface area contributed by atoms with Crippen molar-refractivity contribution in [2.24, 2.45) is 16.8 Å². The monoisotopic (exact) mass is 518 g/mol. The highest BCUT2D eigenvalue weighted by Gasteiger charge is 2.24. The van der Waals surface area contributed by atoms with E-state index in [1.807, 2.05) is 32.9 Å². The molecule has 10 heteroatoms. The number of nitrogens with zero attached hydrogens (tertiary/aromatic N) is 1. The first kappa shape index (κ1) is 25.9. The Kier molecular flexibility index (Phi) is 9.41. The minimum atomic E-state index is -0.776. The number of nitrogens with two attached hydrogens (primary N) is 1. The van der Waals surface area contributed by atoms with Gasteiger partial charge >= 0.3 is 0 Å². The topological polar surface area (TPSA) is 132 Å². The fourth-order valence-electron chi connectivity index (χ4n) is 2.80. The van der Waals surface area contributed by atoms with Crippen LogP contribution in [0.2, 0.25) is 0 Å². The number of carbonyl (C=O) groups is 3. The van der Waals surface area contributed by atoms with Gasteiger partial charge in [0.25, 0.3) is 17.7 Å². The summed E-state index contributed by atoms with van der Waals surface area (Å²) in [4.78, 5) is 36.1. The number of rotatable bonds is 10. The van der Waals surface area contributed by atoms with Gasteiger partial charge in [-0.25, -0.2) is 5.43 Å². The maximum atomic E-state index is 12.7. The molecule has 0 aromatic heterocycles. The van der Waals surface area contributed by atoms with Crippen LogP contribution in [0.15, 0.2) is 46.0 Å². The van der Waals surface area contributed by atoms with Crippen LogP contribution in [-0.4, -0.2) is 43.7 Å². The highest BCUT2D eigenvalue weighted by molar-refractivity contribution is 9.10. The second-order valence-corrected chi connectivity index (χ2v) is 8.44. The highest BCUT2D eigenvalue weighted by atomic mass is 79.9. The number of hydrogen-bond acceptors (Lipinski definition) is 6. The van der Waals surface area contributed by atoms with Crippen molar-refractivity contribution in [2.45, 2.75) is 26.8 Å². The molecule has 2 aromatic rings. The largest absolute Gasteiger partial charge is 0.493 e. The maximum absolute atomic E-state index is 12.7. The minimum absolute atomic E-state index is 0.162. The van der Waals surface area contributed by atoms with Gasteiger partial charge in [0.2, 0.25) is 0 Å². The lowest BCUT2D eigenvalue weighted by Gasteiger charge is -2.20. The summed E-state index contributed by atoms with van der Waals surface area (Å²) >= 11 is 3.35. The number of amides is 3. The van der Waals surface area contributed by atoms with Gasteiger partial charge in [-0.1, -0.05) is 31.5 Å². The van der Waals surface area contributed by atoms with E-state index in [2.05, 4.69) is 31.8 Å². The van der Waals surface area contributed by atoms with Crippen LogP contribution in [0.3, 0.4) is 0 Å². The van der Waals surface area contributed by atoms with Crippen LogP contribution in [0, 0.1) is 12.8 Å². The number of hydrogen-bond donors (Lipinski definition) is 3. The van der Waals surface area contributed by atoms with E-state index in [4.69, 9.17) is 15.2 Å². The van der Waals surface area contributed by atoms with Gasteiger partial charge in [-0.05, 0) is 58.6 Å². The number of carbonyl (C=O) groups excluding carboxylic acids is 3. The van der Waals surface area contributed by atoms with Gasteiger partial charge in [-0.2, -0.15) is 5.10 Å². The third-order valence-corrected chi connectivity index (χ3v) is 5.14. The SMILES string of the molecule is COc1cc(/C=N/NC(=O)C(NC(=O)c2ccc(C)cc2)C(C)C)cc(Br)c1OCC(N)=O. The van der Waals surface area contributed by atoms with Gasteiger partial charge in [0, 0.05) is 5.56 Å². The number of benzene rings is 2. The maximum Gasteiger partial charge on any atom is 0.262 e. The van der Waals surface area contributed by atoms with Gasteiger partial charge in [0.1, 0.15) is 6.04 Å². The van der Waals surface area contributed by atoms with Crippen molar-refractivity contribution in [1.82, 2.24) is 10.7 Å². The van der Waals surface area contributed by atoms with E-state index in [-0.39, 0.29) is 18.4 Å². The van der Waals surface area contributed by atoms with E-state index in [0.717, 1.165) is 5.56 Å². The van der Waals surface area contributed by atoms with Crippen LogP contribution in [-0.2, 0) is 9.59 Å². The average Bonchev–Trinajstić information content (AvgIpc) is 2.76. The van der Waals surface area contributed by atoms with Gasteiger partial charge < -0.3 is 20.5 Å². The first-order valence-electron chi connectivity index (χ1n) is 10.1. The summed E-state index contributed by atoms with van der Waals surface area (Å²) in [5.74, 6) is -0.904. The number of halogens is 1. The van der Waals surface area contributed by atoms with Crippen LogP contribution in [0.5, 0.6) is 11.5 Å². The molecule has 33 heavy (non-hydrogen) atoms. The molecule has 1 atom stereocenters. The molecule has 2 aromatic carbocycles. The highest BCUT2D eigenvalue weighted by Crippen LogP contribution is 2.36. The van der Waals surface area contributed by atoms with E-state index in [1.54, 1.807) is 24.3 Å². The van der Waals surface area contributed by atoms with Crippen LogP contribution in [0.25, 0.3) is 0 Å². The van der Waals surface area contributed by atoms with Gasteiger partial charge in [0.05, 0.1) is 17.8 Å². The zero-order chi connectivity index (χ0) is 24.5. The van der Waals surface area contributed by atoms with Crippen LogP contribution in [0.4, 0.5) is 0 Å². The van der Waals surface area contributed by atoms with Gasteiger partial charge in [-0.15, -0.1) is 0 Å². The summed E-state index contributed by atoms with van der Waals surface area (Å²) in [6.07, 6.45) is 1.42. The lowest BCUT2D eigenvalue weighted by atomic mass is 10.0. The molecule has 0 heterocycles. The number of ether oxygens (including phenoxy) is 2. The molecule has 2 rings (SSSR count). The third-order valence-electron chi connectivity index (χ3n) is 4.55. The Labute approximate surface area is 200 Å². The molecular weight excluding hydrogens is 492 g/mol. The van der Waals surface area contributed by atoms with E-state index in [0.29, 0.717) is 27.1 Å². The molecule has 1 unspecified atom stereocenters. The van der Waals surface area contributed by atoms with E-state index in [9.17, 15) is 14.4 Å². The number of aryl methyl sites for hydroxylation is 1. The number of primary amides is 1. The Morgan fingerprint density at radius 2 is 1.85 bits per heavy atom. The minimum Gasteiger partial charge on any atom is -0.493 e. The molecular formula is C23H27BrN4O5. The molecule has 0 bridgehead atoms. The number of hydrazone groups is 1. The zero-order valence-corrected chi connectivity index (χ0v) is 20.4. The second-order valence-electron chi connectivity index (χ2n) is 7.58. The van der Waals surface area contributed by atoms with Crippen molar-refractivity contribution in [3.63, 3.8) is 0 Å². The fraction of sp³-hybridized carbons (Fsp3) is 0.304. The Hall–Kier alpha value is -3.40. The fourth-order valence-corrected chi connectivity index (χ4v) is 3.38. The van der Waals surface area contributed by atoms with Crippen molar-refractivity contribution in [3.05, 3.63) is 57.6 Å². The molecule has 176 valence electrons. The molecule has 3 amide bonds. The predicted octanol–water partition coefficient (Wildman–Crippen LogP) is 2.53. The summed E-state index contributed by atoms with van der Waals surface area (Å²) in [5, 5.41) is 6.74. The summed E-state index contributed by atoms with van der Waals surface area (Å²) in [7, 11) is 1.45. The Bertz CT molecular complexity index is 1040. The lowest BCUT2D eigenvalue weighted by Crippen LogP contribution is -2.48. The predicted molar refractivity (Wildman–Crippen MR) is 128 cm³/mol. The summed E-state index contributed by atoms with van der Waals surface area (Å²) in [6, 6.07) is 9.60. The lowest BCUT2D eigenvalue weighted by molar-refractivity contribution is -0.124. The van der Waals surface area contributed by atoms with E-state index in [1.165, 1.54) is 13.3 Å². The van der Waals surface area contributed by atoms with E-state index >= 15 is 0 Å². The summed E-state index contributed by atoms with van der Waals surface area (Å²) in [6.45, 7) is 5.29. The average molecular weight is 519 g/mol. The molecule has 0 spiro atoms. The van der Waals surface area contributed by atoms with Crippen LogP contribution < -0.4 is 25.9 Å². The van der Waals surface area contributed by atoms with Crippen molar-refractivity contribution >= 4 is 39.9 Å². The Morgan fingerprint density at radius 1 is 1.18 bits per heavy atom. The van der Waals surface area contributed by atoms with Crippen molar-refractivity contribution < 1.29 is 23.9 Å². The second kappa shape index (κ2) is 12.0. The first-order chi connectivity index (χ1) is 15.6. The Balaban J connectivity index is 2.08. The molecule has 0 saturated heterocycles. The molecule has 0 fully saturated rings. The molecule has 0 aliphatic rings. The molecule has 4 N–H and O–H groups in total. The molecule has 0 aliphatic heterocycles. The number of methoxy groups -OCH3 is 1. The normalized spacial score (nSPS) is 11.8. The molecule has 0 radical (unpaired) electrons. The Morgan fingerprint density at radius 3 is 2.42 bits per heavy atom. The summed E-state index contributed by atoms with van der Waals surface area (Å²) in [5.41, 5.74) is 9.67. The van der Waals surface area contributed by atoms with Crippen molar-refractivity contribution in [2.75, 3.05) is 13.7 Å². The van der Waals surface area contributed by atoms with Gasteiger partial charge in [0.15, 0.2) is 18.1 Å². The van der Waals surface area contributed by atoms with Crippen molar-refractivity contribution in [3.8, 4) is 11.5 Å². The first-order valence-corrected chi connectivity index (χ1v) is 10.9. The van der Waals surface area contributed by atoms with Crippen LogP contribution >= 0.6 is 15.9 Å². The third kappa shape index (κ3) is 7.60. The molecule has 0 saturated carbocycles. The smallest absolute Gasteiger partial charge is 0.262 e. The quantitative estimate of drug-likeness (QED) is 0.328. The van der Waals surface area contributed by atoms with E-state index < -0.39 is 17.9 Å². The van der Waals surface area contributed by atoms with Crippen molar-refractivity contribution in [1.29, 1.82) is 0 Å². The number of nitrogens with one attached hydrogen (secondary N) is 2. The van der Waals surface area contributed by atoms with Crippen LogP contribution in [0.1, 0.15) is 35.3 Å².